The molecule has 1 nitrogen and oxygen atoms in total. The molecule has 0 radical (unpaired) electrons. The molecule has 0 bridgehead atoms. The van der Waals surface area contributed by atoms with Gasteiger partial charge in [0.2, 0.25) is 8.32 Å². The normalized spacial score (nSPS) is 24.8. The summed E-state index contributed by atoms with van der Waals surface area (Å²) in [5.74, 6) is 0. The van der Waals surface area contributed by atoms with Crippen molar-refractivity contribution in [1.82, 2.24) is 0 Å². The summed E-state index contributed by atoms with van der Waals surface area (Å²) in [6.45, 7) is 16.9. The van der Waals surface area contributed by atoms with Crippen molar-refractivity contribution in [3.05, 3.63) is 35.9 Å². The summed E-state index contributed by atoms with van der Waals surface area (Å²) in [6.07, 6.45) is 5.45. The second-order valence-electron chi connectivity index (χ2n) is 9.33. The van der Waals surface area contributed by atoms with Gasteiger partial charge >= 0.3 is 0 Å². The third kappa shape index (κ3) is 3.44. The Morgan fingerprint density at radius 1 is 1.00 bits per heavy atom. The van der Waals surface area contributed by atoms with Crippen LogP contribution in [0.4, 0.5) is 0 Å². The van der Waals surface area contributed by atoms with Gasteiger partial charge in [-0.2, -0.15) is 0 Å². The number of hydrogen-bond donors (Lipinski definition) is 0. The van der Waals surface area contributed by atoms with E-state index in [-0.39, 0.29) is 10.1 Å². The van der Waals surface area contributed by atoms with E-state index >= 15 is 0 Å². The Hall–Kier alpha value is -0.603. The van der Waals surface area contributed by atoms with Crippen LogP contribution in [0.25, 0.3) is 0 Å². The molecule has 1 unspecified atom stereocenters. The Morgan fingerprint density at radius 2 is 1.57 bits per heavy atom. The molecule has 0 aliphatic carbocycles. The molecule has 1 saturated heterocycles. The van der Waals surface area contributed by atoms with E-state index in [1.54, 1.807) is 0 Å². The van der Waals surface area contributed by atoms with Crippen LogP contribution in [0.15, 0.2) is 30.3 Å². The monoisotopic (exact) mass is 332 g/mol. The van der Waals surface area contributed by atoms with Crippen molar-refractivity contribution in [2.75, 3.05) is 0 Å². The molecule has 0 spiro atoms. The summed E-state index contributed by atoms with van der Waals surface area (Å²) >= 11 is 0. The molecule has 2 rings (SSSR count). The van der Waals surface area contributed by atoms with Crippen LogP contribution in [0.5, 0.6) is 0 Å². The molecule has 1 aliphatic rings. The van der Waals surface area contributed by atoms with E-state index < -0.39 is 8.32 Å². The molecule has 0 aromatic heterocycles. The summed E-state index contributed by atoms with van der Waals surface area (Å²) in [5, 5.41) is 0.514. The van der Waals surface area contributed by atoms with Crippen molar-refractivity contribution in [3.8, 4) is 0 Å². The first kappa shape index (κ1) is 18.7. The predicted molar refractivity (Wildman–Crippen MR) is 103 cm³/mol. The SMILES string of the molecule is CCCC[C@@H]1CC(c2ccccc2)O[Si]1(C(C)(C)C)C(C)(C)C. The minimum Gasteiger partial charge on any atom is -0.409 e. The molecule has 1 aromatic carbocycles. The zero-order chi connectivity index (χ0) is 17.3. The summed E-state index contributed by atoms with van der Waals surface area (Å²) < 4.78 is 7.11. The second-order valence-corrected chi connectivity index (χ2v) is 14.9. The van der Waals surface area contributed by atoms with Crippen LogP contribution in [0.2, 0.25) is 15.6 Å². The highest BCUT2D eigenvalue weighted by Gasteiger charge is 2.63. The number of unbranched alkanes of at least 4 members (excludes halogenated alkanes) is 1. The minimum absolute atomic E-state index is 0.257. The van der Waals surface area contributed by atoms with Gasteiger partial charge in [0.1, 0.15) is 0 Å². The lowest BCUT2D eigenvalue weighted by Crippen LogP contribution is -2.54. The Morgan fingerprint density at radius 3 is 2.04 bits per heavy atom. The first-order valence-electron chi connectivity index (χ1n) is 9.36. The molecule has 23 heavy (non-hydrogen) atoms. The quantitative estimate of drug-likeness (QED) is 0.527. The standard InChI is InChI=1S/C21H36OSi/c1-8-9-15-18-16-19(17-13-11-10-12-14-17)22-23(18,20(2,3)4)21(5,6)7/h10-14,18-19H,8-9,15-16H2,1-7H3/t18-,19?/m1/s1. The van der Waals surface area contributed by atoms with Crippen LogP contribution in [0.3, 0.4) is 0 Å². The number of benzene rings is 1. The zero-order valence-electron chi connectivity index (χ0n) is 16.3. The Bertz CT molecular complexity index is 481. The van der Waals surface area contributed by atoms with Crippen LogP contribution in [0.1, 0.15) is 85.8 Å². The van der Waals surface area contributed by atoms with E-state index in [1.165, 1.54) is 31.2 Å². The Labute approximate surface area is 145 Å². The molecule has 2 heteroatoms. The molecule has 1 heterocycles. The van der Waals surface area contributed by atoms with Gasteiger partial charge in [-0.15, -0.1) is 0 Å². The van der Waals surface area contributed by atoms with Crippen molar-refractivity contribution in [2.24, 2.45) is 0 Å². The first-order valence-corrected chi connectivity index (χ1v) is 11.3. The van der Waals surface area contributed by atoms with Gasteiger partial charge < -0.3 is 4.43 Å². The van der Waals surface area contributed by atoms with Gasteiger partial charge in [0.25, 0.3) is 0 Å². The summed E-state index contributed by atoms with van der Waals surface area (Å²) in [7, 11) is -1.95. The van der Waals surface area contributed by atoms with Gasteiger partial charge in [-0.3, -0.25) is 0 Å². The first-order chi connectivity index (χ1) is 10.6. The molecule has 0 saturated carbocycles. The van der Waals surface area contributed by atoms with E-state index in [1.807, 2.05) is 0 Å². The lowest BCUT2D eigenvalue weighted by Gasteiger charge is -2.51. The van der Waals surface area contributed by atoms with Gasteiger partial charge in [-0.25, -0.2) is 0 Å². The number of hydrogen-bond acceptors (Lipinski definition) is 1. The van der Waals surface area contributed by atoms with E-state index in [4.69, 9.17) is 4.43 Å². The van der Waals surface area contributed by atoms with Gasteiger partial charge in [0.15, 0.2) is 0 Å². The summed E-state index contributed by atoms with van der Waals surface area (Å²) in [6, 6.07) is 10.9. The molecule has 1 fully saturated rings. The minimum atomic E-state index is -1.95. The number of rotatable bonds is 4. The van der Waals surface area contributed by atoms with Crippen molar-refractivity contribution in [3.63, 3.8) is 0 Å². The average molecular weight is 333 g/mol. The lowest BCUT2D eigenvalue weighted by molar-refractivity contribution is 0.201. The van der Waals surface area contributed by atoms with Crippen LogP contribution in [-0.2, 0) is 4.43 Å². The van der Waals surface area contributed by atoms with Crippen LogP contribution < -0.4 is 0 Å². The third-order valence-corrected chi connectivity index (χ3v) is 12.5. The largest absolute Gasteiger partial charge is 0.409 e. The fraction of sp³-hybridized carbons (Fsp3) is 0.714. The van der Waals surface area contributed by atoms with Crippen LogP contribution in [0, 0.1) is 0 Å². The van der Waals surface area contributed by atoms with Gasteiger partial charge in [-0.05, 0) is 27.6 Å². The Balaban J connectivity index is 2.44. The van der Waals surface area contributed by atoms with Crippen LogP contribution >= 0.6 is 0 Å². The van der Waals surface area contributed by atoms with Gasteiger partial charge in [0.05, 0.1) is 6.10 Å². The average Bonchev–Trinajstić information content (AvgIpc) is 2.86. The molecule has 0 amide bonds. The topological polar surface area (TPSA) is 9.23 Å². The maximum atomic E-state index is 7.11. The maximum absolute atomic E-state index is 7.11. The van der Waals surface area contributed by atoms with Gasteiger partial charge in [0, 0.05) is 0 Å². The van der Waals surface area contributed by atoms with Crippen molar-refractivity contribution >= 4 is 8.32 Å². The third-order valence-electron chi connectivity index (χ3n) is 5.71. The fourth-order valence-electron chi connectivity index (χ4n) is 5.14. The molecule has 130 valence electrons. The molecule has 1 aliphatic heterocycles. The van der Waals surface area contributed by atoms with Crippen molar-refractivity contribution < 1.29 is 4.43 Å². The molecular formula is C21H36OSi. The summed E-state index contributed by atoms with van der Waals surface area (Å²) in [4.78, 5) is 0. The van der Waals surface area contributed by atoms with Gasteiger partial charge in [-0.1, -0.05) is 98.1 Å². The van der Waals surface area contributed by atoms with E-state index in [0.29, 0.717) is 6.10 Å². The summed E-state index contributed by atoms with van der Waals surface area (Å²) in [5.41, 5.74) is 2.13. The highest BCUT2D eigenvalue weighted by molar-refractivity contribution is 6.81. The molecular weight excluding hydrogens is 296 g/mol. The fourth-order valence-corrected chi connectivity index (χ4v) is 12.6. The van der Waals surface area contributed by atoms with E-state index in [2.05, 4.69) is 78.8 Å². The van der Waals surface area contributed by atoms with Crippen molar-refractivity contribution in [2.45, 2.75) is 95.9 Å². The smallest absolute Gasteiger partial charge is 0.207 e. The zero-order valence-corrected chi connectivity index (χ0v) is 17.3. The molecule has 0 N–H and O–H groups in total. The highest BCUT2D eigenvalue weighted by atomic mass is 28.4. The second kappa shape index (κ2) is 6.72. The van der Waals surface area contributed by atoms with Crippen LogP contribution in [-0.4, -0.2) is 8.32 Å². The predicted octanol–water partition coefficient (Wildman–Crippen LogP) is 7.25. The Kier molecular flexibility index (Phi) is 5.47. The molecule has 1 aromatic rings. The maximum Gasteiger partial charge on any atom is 0.207 e. The van der Waals surface area contributed by atoms with Crippen molar-refractivity contribution in [1.29, 1.82) is 0 Å². The van der Waals surface area contributed by atoms with E-state index in [0.717, 1.165) is 5.54 Å². The highest BCUT2D eigenvalue weighted by Crippen LogP contribution is 2.65. The molecule has 2 atom stereocenters. The van der Waals surface area contributed by atoms with E-state index in [9.17, 15) is 0 Å². The lowest BCUT2D eigenvalue weighted by atomic mass is 10.0.